The van der Waals surface area contributed by atoms with Gasteiger partial charge in [0.1, 0.15) is 5.76 Å². The van der Waals surface area contributed by atoms with Gasteiger partial charge in [-0.2, -0.15) is 0 Å². The Hall–Kier alpha value is -0.790. The Kier molecular flexibility index (Phi) is 2.85. The number of aromatic nitrogens is 1. The minimum Gasteiger partial charge on any atom is -0.445 e. The summed E-state index contributed by atoms with van der Waals surface area (Å²) in [7, 11) is 0. The minimum absolute atomic E-state index is 0.121. The molecule has 0 amide bonds. The largest absolute Gasteiger partial charge is 0.445 e. The molecule has 1 rings (SSSR count). The Morgan fingerprint density at radius 2 is 1.69 bits per heavy atom. The van der Waals surface area contributed by atoms with Crippen LogP contribution in [0.4, 0.5) is 0 Å². The summed E-state index contributed by atoms with van der Waals surface area (Å²) in [5, 5.41) is 0. The van der Waals surface area contributed by atoms with Crippen molar-refractivity contribution in [2.24, 2.45) is 5.41 Å². The van der Waals surface area contributed by atoms with Crippen molar-refractivity contribution in [3.63, 3.8) is 0 Å². The molecule has 0 N–H and O–H groups in total. The van der Waals surface area contributed by atoms with Gasteiger partial charge in [0.25, 0.3) is 0 Å². The van der Waals surface area contributed by atoms with Gasteiger partial charge in [-0.25, -0.2) is 4.98 Å². The van der Waals surface area contributed by atoms with Crippen LogP contribution in [0.5, 0.6) is 0 Å². The van der Waals surface area contributed by atoms with Gasteiger partial charge in [0.2, 0.25) is 0 Å². The summed E-state index contributed by atoms with van der Waals surface area (Å²) in [6.07, 6.45) is 0. The lowest BCUT2D eigenvalue weighted by Gasteiger charge is -2.28. The van der Waals surface area contributed by atoms with Crippen LogP contribution >= 0.6 is 0 Å². The van der Waals surface area contributed by atoms with Crippen LogP contribution in [-0.2, 0) is 5.41 Å². The monoisotopic (exact) mass is 224 g/mol. The van der Waals surface area contributed by atoms with E-state index in [4.69, 9.17) is 5.79 Å². The molecule has 0 aromatic carbocycles. The standard InChI is InChI=1S/C14H25NO/c1-9(13(3,4)5)11-12(14(6,7)8)16-10(2)15-11/h9H,1-8H3/i9D. The van der Waals surface area contributed by atoms with Gasteiger partial charge >= 0.3 is 0 Å². The Labute approximate surface area is 101 Å². The fourth-order valence-electron chi connectivity index (χ4n) is 1.54. The van der Waals surface area contributed by atoms with Crippen LogP contribution < -0.4 is 0 Å². The van der Waals surface area contributed by atoms with E-state index in [-0.39, 0.29) is 10.8 Å². The van der Waals surface area contributed by atoms with Crippen molar-refractivity contribution >= 4 is 0 Å². The maximum absolute atomic E-state index is 8.63. The minimum atomic E-state index is -0.757. The molecule has 2 heteroatoms. The highest BCUT2D eigenvalue weighted by molar-refractivity contribution is 5.22. The lowest BCUT2D eigenvalue weighted by molar-refractivity contribution is 0.320. The molecule has 0 spiro atoms. The third kappa shape index (κ3) is 2.66. The Morgan fingerprint density at radius 3 is 2.06 bits per heavy atom. The first-order valence-corrected chi connectivity index (χ1v) is 5.86. The van der Waals surface area contributed by atoms with Crippen molar-refractivity contribution in [3.8, 4) is 0 Å². The predicted octanol–water partition coefficient (Wildman–Crippen LogP) is 4.43. The normalized spacial score (nSPS) is 18.1. The lowest BCUT2D eigenvalue weighted by atomic mass is 9.77. The van der Waals surface area contributed by atoms with E-state index in [1.54, 1.807) is 0 Å². The number of hydrogen-bond acceptors (Lipinski definition) is 2. The van der Waals surface area contributed by atoms with Gasteiger partial charge in [0.15, 0.2) is 5.89 Å². The molecule has 16 heavy (non-hydrogen) atoms. The zero-order valence-electron chi connectivity index (χ0n) is 12.9. The van der Waals surface area contributed by atoms with E-state index in [9.17, 15) is 0 Å². The first kappa shape index (κ1) is 11.7. The molecule has 0 fully saturated rings. The number of oxazole rings is 1. The Balaban J connectivity index is 3.42. The number of hydrogen-bond donors (Lipinski definition) is 0. The van der Waals surface area contributed by atoms with E-state index in [1.165, 1.54) is 0 Å². The van der Waals surface area contributed by atoms with Crippen molar-refractivity contribution in [1.82, 2.24) is 4.98 Å². The smallest absolute Gasteiger partial charge is 0.191 e. The van der Waals surface area contributed by atoms with Gasteiger partial charge in [0.05, 0.1) is 5.69 Å². The second kappa shape index (κ2) is 3.90. The molecule has 0 aliphatic rings. The van der Waals surface area contributed by atoms with Crippen LogP contribution in [0, 0.1) is 12.3 Å². The fourth-order valence-corrected chi connectivity index (χ4v) is 1.54. The Bertz CT molecular complexity index is 405. The third-order valence-electron chi connectivity index (χ3n) is 2.90. The number of nitrogens with zero attached hydrogens (tertiary/aromatic N) is 1. The molecule has 0 saturated heterocycles. The highest BCUT2D eigenvalue weighted by Crippen LogP contribution is 2.39. The molecule has 1 aromatic rings. The molecule has 1 unspecified atom stereocenters. The predicted molar refractivity (Wildman–Crippen MR) is 67.8 cm³/mol. The van der Waals surface area contributed by atoms with Gasteiger partial charge in [-0.1, -0.05) is 48.5 Å². The molecular formula is C14H25NO. The zero-order valence-corrected chi connectivity index (χ0v) is 11.9. The summed E-state index contributed by atoms with van der Waals surface area (Å²) in [5.74, 6) is 0.725. The quantitative estimate of drug-likeness (QED) is 0.705. The van der Waals surface area contributed by atoms with Gasteiger partial charge in [-0.05, 0) is 5.41 Å². The van der Waals surface area contributed by atoms with Crippen LogP contribution in [0.15, 0.2) is 4.42 Å². The van der Waals surface area contributed by atoms with Crippen molar-refractivity contribution in [2.45, 2.75) is 66.7 Å². The molecule has 0 saturated carbocycles. The van der Waals surface area contributed by atoms with Gasteiger partial charge < -0.3 is 4.42 Å². The summed E-state index contributed by atoms with van der Waals surface area (Å²) < 4.78 is 14.4. The summed E-state index contributed by atoms with van der Waals surface area (Å²) in [6.45, 7) is 16.2. The van der Waals surface area contributed by atoms with E-state index in [1.807, 2.05) is 13.8 Å². The second-order valence-electron chi connectivity index (χ2n) is 6.54. The van der Waals surface area contributed by atoms with Crippen LogP contribution in [-0.4, -0.2) is 4.98 Å². The van der Waals surface area contributed by atoms with Crippen LogP contribution in [0.2, 0.25) is 0 Å². The maximum Gasteiger partial charge on any atom is 0.191 e. The van der Waals surface area contributed by atoms with E-state index < -0.39 is 5.89 Å². The molecule has 0 bridgehead atoms. The first-order chi connectivity index (χ1) is 7.37. The van der Waals surface area contributed by atoms with Crippen molar-refractivity contribution in [1.29, 1.82) is 0 Å². The summed E-state index contributed by atoms with van der Waals surface area (Å²) in [5.41, 5.74) is 0.468. The molecule has 92 valence electrons. The average molecular weight is 224 g/mol. The van der Waals surface area contributed by atoms with Crippen molar-refractivity contribution < 1.29 is 5.79 Å². The first-order valence-electron chi connectivity index (χ1n) is 6.36. The van der Waals surface area contributed by atoms with Gasteiger partial charge in [-0.15, -0.1) is 0 Å². The van der Waals surface area contributed by atoms with Crippen LogP contribution in [0.25, 0.3) is 0 Å². The van der Waals surface area contributed by atoms with Gasteiger partial charge in [-0.3, -0.25) is 0 Å². The molecule has 1 heterocycles. The summed E-state index contributed by atoms with van der Waals surface area (Å²) in [4.78, 5) is 4.46. The molecular weight excluding hydrogens is 198 g/mol. The third-order valence-corrected chi connectivity index (χ3v) is 2.90. The van der Waals surface area contributed by atoms with E-state index in [0.717, 1.165) is 11.5 Å². The molecule has 0 aliphatic heterocycles. The molecule has 0 radical (unpaired) electrons. The fraction of sp³-hybridized carbons (Fsp3) is 0.786. The molecule has 2 nitrogen and oxygen atoms in total. The van der Waals surface area contributed by atoms with Crippen LogP contribution in [0.1, 0.15) is 73.1 Å². The summed E-state index contributed by atoms with van der Waals surface area (Å²) in [6, 6.07) is 0. The molecule has 1 aromatic heterocycles. The number of aryl methyl sites for hydroxylation is 1. The zero-order chi connectivity index (χ0) is 13.6. The molecule has 0 aliphatic carbocycles. The lowest BCUT2D eigenvalue weighted by Crippen LogP contribution is -2.21. The van der Waals surface area contributed by atoms with Crippen molar-refractivity contribution in [3.05, 3.63) is 17.3 Å². The highest BCUT2D eigenvalue weighted by Gasteiger charge is 2.32. The SMILES string of the molecule is [2H]C(C)(c1nc(C)oc1C(C)(C)C)C(C)(C)C. The second-order valence-corrected chi connectivity index (χ2v) is 6.54. The van der Waals surface area contributed by atoms with Crippen molar-refractivity contribution in [2.75, 3.05) is 0 Å². The summed E-state index contributed by atoms with van der Waals surface area (Å²) >= 11 is 0. The average Bonchev–Trinajstić information content (AvgIpc) is 2.44. The van der Waals surface area contributed by atoms with E-state index in [2.05, 4.69) is 46.5 Å². The molecule has 1 atom stereocenters. The van der Waals surface area contributed by atoms with Crippen LogP contribution in [0.3, 0.4) is 0 Å². The van der Waals surface area contributed by atoms with Gasteiger partial charge in [0, 0.05) is 19.6 Å². The maximum atomic E-state index is 8.63. The van der Waals surface area contributed by atoms with E-state index in [0.29, 0.717) is 5.89 Å². The highest BCUT2D eigenvalue weighted by atomic mass is 16.4. The number of rotatable bonds is 1. The van der Waals surface area contributed by atoms with E-state index >= 15 is 0 Å². The topological polar surface area (TPSA) is 26.0 Å². The Morgan fingerprint density at radius 1 is 1.19 bits per heavy atom.